The second-order valence-electron chi connectivity index (χ2n) is 5.84. The van der Waals surface area contributed by atoms with Gasteiger partial charge in [0, 0.05) is 23.2 Å². The molecule has 0 aliphatic heterocycles. The highest BCUT2D eigenvalue weighted by molar-refractivity contribution is 5.96. The molecule has 7 nitrogen and oxygen atoms in total. The first-order valence-corrected chi connectivity index (χ1v) is 8.25. The lowest BCUT2D eigenvalue weighted by atomic mass is 10.1. The first-order chi connectivity index (χ1) is 13.0. The summed E-state index contributed by atoms with van der Waals surface area (Å²) in [7, 11) is 0. The third kappa shape index (κ3) is 4.40. The predicted octanol–water partition coefficient (Wildman–Crippen LogP) is 2.51. The van der Waals surface area contributed by atoms with Crippen LogP contribution in [0.25, 0.3) is 17.3 Å². The molecule has 2 aromatic carbocycles. The lowest BCUT2D eigenvalue weighted by Crippen LogP contribution is -2.23. The number of phenolic OH excluding ortho intramolecular Hbond substituents is 1. The van der Waals surface area contributed by atoms with Crippen molar-refractivity contribution in [3.8, 4) is 17.0 Å². The van der Waals surface area contributed by atoms with E-state index in [1.54, 1.807) is 48.9 Å². The number of phenols is 1. The van der Waals surface area contributed by atoms with Gasteiger partial charge in [-0.25, -0.2) is 4.98 Å². The molecule has 1 heterocycles. The molecule has 1 amide bonds. The molecule has 136 valence electrons. The molecule has 0 atom stereocenters. The molecular weight excluding hydrogens is 342 g/mol. The van der Waals surface area contributed by atoms with Crippen molar-refractivity contribution >= 4 is 17.8 Å². The second kappa shape index (κ2) is 8.01. The van der Waals surface area contributed by atoms with Gasteiger partial charge in [-0.15, -0.1) is 0 Å². The number of nitrogens with one attached hydrogen (secondary N) is 3. The fourth-order valence-corrected chi connectivity index (χ4v) is 2.51. The Balaban J connectivity index is 1.59. The molecule has 3 rings (SSSR count). The number of aromatic amines is 1. The van der Waals surface area contributed by atoms with E-state index in [1.165, 1.54) is 6.07 Å². The Morgan fingerprint density at radius 2 is 1.96 bits per heavy atom. The Hall–Kier alpha value is -3.87. The summed E-state index contributed by atoms with van der Waals surface area (Å²) in [5, 5.41) is 20.1. The molecular formula is C20H19N5O2. The van der Waals surface area contributed by atoms with Gasteiger partial charge >= 0.3 is 0 Å². The molecule has 0 bridgehead atoms. The molecule has 6 N–H and O–H groups in total. The van der Waals surface area contributed by atoms with Crippen LogP contribution in [0.2, 0.25) is 0 Å². The van der Waals surface area contributed by atoms with E-state index >= 15 is 0 Å². The van der Waals surface area contributed by atoms with Crippen LogP contribution < -0.4 is 11.1 Å². The van der Waals surface area contributed by atoms with Crippen molar-refractivity contribution in [1.82, 2.24) is 15.3 Å². The van der Waals surface area contributed by atoms with Crippen molar-refractivity contribution in [2.75, 3.05) is 6.54 Å². The molecule has 0 saturated heterocycles. The minimum atomic E-state index is -0.197. The van der Waals surface area contributed by atoms with Gasteiger partial charge in [0.2, 0.25) is 0 Å². The normalized spacial score (nSPS) is 10.8. The van der Waals surface area contributed by atoms with Crippen molar-refractivity contribution in [3.05, 3.63) is 77.8 Å². The van der Waals surface area contributed by atoms with Crippen molar-refractivity contribution < 1.29 is 9.90 Å². The van der Waals surface area contributed by atoms with Crippen molar-refractivity contribution in [1.29, 1.82) is 5.41 Å². The van der Waals surface area contributed by atoms with E-state index in [4.69, 9.17) is 11.1 Å². The summed E-state index contributed by atoms with van der Waals surface area (Å²) in [6, 6.07) is 11.9. The number of carbonyl (C=O) groups is 1. The molecule has 0 aliphatic rings. The lowest BCUT2D eigenvalue weighted by Gasteiger charge is -2.05. The number of aromatic hydroxyl groups is 1. The van der Waals surface area contributed by atoms with Gasteiger partial charge in [-0.3, -0.25) is 10.2 Å². The summed E-state index contributed by atoms with van der Waals surface area (Å²) in [5.74, 6) is -0.189. The largest absolute Gasteiger partial charge is 0.507 e. The number of imidazole rings is 1. The van der Waals surface area contributed by atoms with Crippen molar-refractivity contribution in [2.45, 2.75) is 0 Å². The molecule has 0 fully saturated rings. The second-order valence-corrected chi connectivity index (χ2v) is 5.84. The fourth-order valence-electron chi connectivity index (χ4n) is 2.51. The molecule has 0 unspecified atom stereocenters. The van der Waals surface area contributed by atoms with Gasteiger partial charge in [0.05, 0.1) is 18.2 Å². The van der Waals surface area contributed by atoms with Crippen LogP contribution in [0.1, 0.15) is 21.5 Å². The van der Waals surface area contributed by atoms with E-state index in [9.17, 15) is 9.90 Å². The quantitative estimate of drug-likeness (QED) is 0.341. The number of rotatable bonds is 6. The summed E-state index contributed by atoms with van der Waals surface area (Å²) in [6.07, 6.45) is 6.71. The highest BCUT2D eigenvalue weighted by Gasteiger charge is 2.06. The maximum Gasteiger partial charge on any atom is 0.251 e. The van der Waals surface area contributed by atoms with E-state index in [-0.39, 0.29) is 17.5 Å². The summed E-state index contributed by atoms with van der Waals surface area (Å²) in [5.41, 5.74) is 8.88. The van der Waals surface area contributed by atoms with E-state index in [1.807, 2.05) is 12.1 Å². The maximum absolute atomic E-state index is 12.2. The van der Waals surface area contributed by atoms with E-state index in [0.717, 1.165) is 11.3 Å². The van der Waals surface area contributed by atoms with Gasteiger partial charge < -0.3 is 21.1 Å². The first-order valence-electron chi connectivity index (χ1n) is 8.25. The first kappa shape index (κ1) is 17.9. The van der Waals surface area contributed by atoms with E-state index < -0.39 is 0 Å². The standard InChI is InChI=1S/C20H19N5O2/c21-19(22)16-7-8-18(26)15(10-16)2-1-9-24-20(27)14-5-3-13(4-6-14)17-11-23-12-25-17/h1-8,10-12,26H,9H2,(H3,21,22)(H,23,25)(H,24,27)/b2-1+. The number of nitrogens with zero attached hydrogens (tertiary/aromatic N) is 1. The van der Waals surface area contributed by atoms with Crippen LogP contribution in [-0.4, -0.2) is 33.4 Å². The third-order valence-electron chi connectivity index (χ3n) is 3.97. The Kier molecular flexibility index (Phi) is 5.32. The van der Waals surface area contributed by atoms with Crippen LogP contribution in [0, 0.1) is 5.41 Å². The van der Waals surface area contributed by atoms with Crippen molar-refractivity contribution in [3.63, 3.8) is 0 Å². The molecule has 0 saturated carbocycles. The zero-order chi connectivity index (χ0) is 19.2. The average molecular weight is 361 g/mol. The lowest BCUT2D eigenvalue weighted by molar-refractivity contribution is 0.0958. The molecule has 27 heavy (non-hydrogen) atoms. The van der Waals surface area contributed by atoms with E-state index in [0.29, 0.717) is 23.2 Å². The average Bonchev–Trinajstić information content (AvgIpc) is 3.21. The van der Waals surface area contributed by atoms with Crippen LogP contribution >= 0.6 is 0 Å². The summed E-state index contributed by atoms with van der Waals surface area (Å²) in [4.78, 5) is 19.2. The number of amidine groups is 1. The number of nitrogens with two attached hydrogens (primary N) is 1. The Morgan fingerprint density at radius 3 is 2.63 bits per heavy atom. The zero-order valence-corrected chi connectivity index (χ0v) is 14.4. The zero-order valence-electron chi connectivity index (χ0n) is 14.4. The monoisotopic (exact) mass is 361 g/mol. The minimum Gasteiger partial charge on any atom is -0.507 e. The van der Waals surface area contributed by atoms with Gasteiger partial charge in [-0.1, -0.05) is 24.3 Å². The molecule has 1 aromatic heterocycles. The number of hydrogen-bond acceptors (Lipinski definition) is 4. The number of H-pyrrole nitrogens is 1. The smallest absolute Gasteiger partial charge is 0.251 e. The highest BCUT2D eigenvalue weighted by atomic mass is 16.3. The minimum absolute atomic E-state index is 0.0727. The van der Waals surface area contributed by atoms with Gasteiger partial charge in [0.1, 0.15) is 11.6 Å². The summed E-state index contributed by atoms with van der Waals surface area (Å²) >= 11 is 0. The number of hydrogen-bond donors (Lipinski definition) is 5. The van der Waals surface area contributed by atoms with Gasteiger partial charge in [-0.2, -0.15) is 0 Å². The SMILES string of the molecule is N=C(N)c1ccc(O)c(/C=C/CNC(=O)c2ccc(-c3cnc[nH]3)cc2)c1. The van der Waals surface area contributed by atoms with Gasteiger partial charge in [0.25, 0.3) is 5.91 Å². The molecule has 7 heteroatoms. The van der Waals surface area contributed by atoms with E-state index in [2.05, 4.69) is 15.3 Å². The maximum atomic E-state index is 12.2. The molecule has 0 radical (unpaired) electrons. The molecule has 3 aromatic rings. The Bertz CT molecular complexity index is 976. The van der Waals surface area contributed by atoms with Crippen LogP contribution in [0.5, 0.6) is 5.75 Å². The van der Waals surface area contributed by atoms with Gasteiger partial charge in [0.15, 0.2) is 0 Å². The van der Waals surface area contributed by atoms with Crippen molar-refractivity contribution in [2.24, 2.45) is 5.73 Å². The number of nitrogen functional groups attached to an aromatic ring is 1. The molecule has 0 aliphatic carbocycles. The highest BCUT2D eigenvalue weighted by Crippen LogP contribution is 2.20. The number of benzene rings is 2. The summed E-state index contributed by atoms with van der Waals surface area (Å²) in [6.45, 7) is 0.297. The fraction of sp³-hybridized carbons (Fsp3) is 0.0500. The van der Waals surface area contributed by atoms with Crippen LogP contribution in [0.3, 0.4) is 0 Å². The van der Waals surface area contributed by atoms with Crippen LogP contribution in [0.15, 0.2) is 61.1 Å². The topological polar surface area (TPSA) is 128 Å². The summed E-state index contributed by atoms with van der Waals surface area (Å²) < 4.78 is 0. The number of aromatic nitrogens is 2. The Morgan fingerprint density at radius 1 is 1.22 bits per heavy atom. The number of carbonyl (C=O) groups excluding carboxylic acids is 1. The predicted molar refractivity (Wildman–Crippen MR) is 105 cm³/mol. The molecule has 0 spiro atoms. The van der Waals surface area contributed by atoms with Gasteiger partial charge in [-0.05, 0) is 35.9 Å². The van der Waals surface area contributed by atoms with Crippen LogP contribution in [-0.2, 0) is 0 Å². The Labute approximate surface area is 156 Å². The van der Waals surface area contributed by atoms with Crippen LogP contribution in [0.4, 0.5) is 0 Å². The third-order valence-corrected chi connectivity index (χ3v) is 3.97. The number of amides is 1.